The van der Waals surface area contributed by atoms with Crippen LogP contribution in [-0.2, 0) is 9.59 Å². The van der Waals surface area contributed by atoms with Gasteiger partial charge in [0.2, 0.25) is 11.8 Å². The van der Waals surface area contributed by atoms with Crippen molar-refractivity contribution in [2.45, 2.75) is 56.5 Å². The molecule has 0 bridgehead atoms. The topological polar surface area (TPSA) is 90.7 Å². The van der Waals surface area contributed by atoms with Crippen molar-refractivity contribution in [2.24, 2.45) is 0 Å². The number of anilines is 3. The van der Waals surface area contributed by atoms with Gasteiger partial charge in [-0.05, 0) is 93.1 Å². The Bertz CT molecular complexity index is 991. The number of rotatable bonds is 5. The fraction of sp³-hybridized carbons (Fsp3) is 0.481. The fourth-order valence-corrected chi connectivity index (χ4v) is 5.66. The molecule has 34 heavy (non-hydrogen) atoms. The van der Waals surface area contributed by atoms with Crippen LogP contribution in [0.1, 0.15) is 50.0 Å². The third-order valence-electron chi connectivity index (χ3n) is 7.73. The van der Waals surface area contributed by atoms with Crippen LogP contribution in [0.4, 0.5) is 17.1 Å². The molecule has 2 amide bonds. The van der Waals surface area contributed by atoms with Crippen LogP contribution in [0.15, 0.2) is 48.5 Å². The summed E-state index contributed by atoms with van der Waals surface area (Å²) < 4.78 is 0. The van der Waals surface area contributed by atoms with Crippen molar-refractivity contribution in [3.05, 3.63) is 54.1 Å². The molecule has 5 rings (SSSR count). The van der Waals surface area contributed by atoms with E-state index >= 15 is 0 Å². The molecular formula is C27H35N5O2. The van der Waals surface area contributed by atoms with Gasteiger partial charge < -0.3 is 20.9 Å². The van der Waals surface area contributed by atoms with Crippen molar-refractivity contribution in [3.63, 3.8) is 0 Å². The highest BCUT2D eigenvalue weighted by Gasteiger charge is 2.29. The van der Waals surface area contributed by atoms with Crippen molar-refractivity contribution >= 4 is 28.9 Å². The number of amides is 2. The second-order valence-electron chi connectivity index (χ2n) is 9.89. The van der Waals surface area contributed by atoms with E-state index in [1.165, 1.54) is 36.9 Å². The Labute approximate surface area is 201 Å². The Kier molecular flexibility index (Phi) is 6.72. The van der Waals surface area contributed by atoms with Crippen LogP contribution in [0.2, 0.25) is 0 Å². The zero-order valence-corrected chi connectivity index (χ0v) is 19.7. The smallest absolute Gasteiger partial charge is 0.249 e. The maximum atomic E-state index is 12.0. The lowest BCUT2D eigenvalue weighted by Crippen LogP contribution is -2.47. The van der Waals surface area contributed by atoms with Gasteiger partial charge in [0.25, 0.3) is 0 Å². The molecule has 1 unspecified atom stereocenters. The van der Waals surface area contributed by atoms with Gasteiger partial charge in [0.1, 0.15) is 6.04 Å². The minimum absolute atomic E-state index is 0.183. The quantitative estimate of drug-likeness (QED) is 0.467. The molecular weight excluding hydrogens is 426 g/mol. The molecule has 3 heterocycles. The molecule has 0 aromatic heterocycles. The number of carbonyl (C=O) groups excluding carboxylic acids is 2. The number of nitrogens with zero attached hydrogens (tertiary/aromatic N) is 2. The molecule has 3 fully saturated rings. The number of nitrogens with two attached hydrogens (primary N) is 1. The standard InChI is InChI=1S/C27H35N5O2/c28-21-3-7-23(8-4-21)32-17-13-24(14-18-32)31-15-11-20(12-16-31)19-1-5-22(6-2-19)29-25-9-10-26(33)30-27(25)34/h1-8,20,24-25,29H,9-18,28H2,(H,30,33,34). The molecule has 0 aliphatic carbocycles. The average molecular weight is 462 g/mol. The van der Waals surface area contributed by atoms with Gasteiger partial charge in [-0.3, -0.25) is 14.9 Å². The lowest BCUT2D eigenvalue weighted by Gasteiger charge is -2.42. The first kappa shape index (κ1) is 22.7. The number of piperidine rings is 3. The van der Waals surface area contributed by atoms with E-state index in [4.69, 9.17) is 5.73 Å². The van der Waals surface area contributed by atoms with Gasteiger partial charge in [-0.1, -0.05) is 12.1 Å². The van der Waals surface area contributed by atoms with Crippen molar-refractivity contribution in [1.29, 1.82) is 0 Å². The number of benzene rings is 2. The van der Waals surface area contributed by atoms with Gasteiger partial charge in [-0.2, -0.15) is 0 Å². The number of hydrogen-bond acceptors (Lipinski definition) is 6. The molecule has 4 N–H and O–H groups in total. The molecule has 3 saturated heterocycles. The summed E-state index contributed by atoms with van der Waals surface area (Å²) in [5.74, 6) is 0.180. The van der Waals surface area contributed by atoms with Crippen LogP contribution in [0.25, 0.3) is 0 Å². The van der Waals surface area contributed by atoms with Crippen LogP contribution in [-0.4, -0.2) is 55.0 Å². The van der Waals surface area contributed by atoms with E-state index in [1.807, 2.05) is 12.1 Å². The van der Waals surface area contributed by atoms with E-state index in [9.17, 15) is 9.59 Å². The number of nitrogens with one attached hydrogen (secondary N) is 2. The highest BCUT2D eigenvalue weighted by atomic mass is 16.2. The van der Waals surface area contributed by atoms with Crippen LogP contribution < -0.4 is 21.3 Å². The third-order valence-corrected chi connectivity index (χ3v) is 7.73. The lowest BCUT2D eigenvalue weighted by molar-refractivity contribution is -0.133. The van der Waals surface area contributed by atoms with Gasteiger partial charge in [0, 0.05) is 42.6 Å². The van der Waals surface area contributed by atoms with Crippen LogP contribution in [0.3, 0.4) is 0 Å². The zero-order valence-electron chi connectivity index (χ0n) is 19.7. The summed E-state index contributed by atoms with van der Waals surface area (Å²) in [7, 11) is 0. The molecule has 3 aliphatic heterocycles. The summed E-state index contributed by atoms with van der Waals surface area (Å²) in [4.78, 5) is 28.5. The van der Waals surface area contributed by atoms with E-state index in [1.54, 1.807) is 0 Å². The Hall–Kier alpha value is -3.06. The number of carbonyl (C=O) groups is 2. The first-order valence-electron chi connectivity index (χ1n) is 12.6. The monoisotopic (exact) mass is 461 g/mol. The molecule has 0 saturated carbocycles. The van der Waals surface area contributed by atoms with Crippen molar-refractivity contribution in [2.75, 3.05) is 42.1 Å². The van der Waals surface area contributed by atoms with Crippen LogP contribution in [0.5, 0.6) is 0 Å². The van der Waals surface area contributed by atoms with E-state index in [0.717, 1.165) is 37.6 Å². The molecule has 2 aromatic rings. The van der Waals surface area contributed by atoms with Gasteiger partial charge >= 0.3 is 0 Å². The summed E-state index contributed by atoms with van der Waals surface area (Å²) >= 11 is 0. The van der Waals surface area contributed by atoms with Crippen molar-refractivity contribution in [1.82, 2.24) is 10.2 Å². The second kappa shape index (κ2) is 10.1. The second-order valence-corrected chi connectivity index (χ2v) is 9.89. The van der Waals surface area contributed by atoms with Gasteiger partial charge in [0.15, 0.2) is 0 Å². The number of nitrogen functional groups attached to an aromatic ring is 1. The van der Waals surface area contributed by atoms with Crippen LogP contribution >= 0.6 is 0 Å². The number of imide groups is 1. The molecule has 1 atom stereocenters. The minimum Gasteiger partial charge on any atom is -0.399 e. The summed E-state index contributed by atoms with van der Waals surface area (Å²) in [5.41, 5.74) is 10.2. The molecule has 2 aromatic carbocycles. The fourth-order valence-electron chi connectivity index (χ4n) is 5.66. The van der Waals surface area contributed by atoms with E-state index in [-0.39, 0.29) is 17.9 Å². The van der Waals surface area contributed by atoms with E-state index in [2.05, 4.69) is 56.8 Å². The average Bonchev–Trinajstić information content (AvgIpc) is 2.87. The highest BCUT2D eigenvalue weighted by Crippen LogP contribution is 2.32. The van der Waals surface area contributed by atoms with Crippen molar-refractivity contribution < 1.29 is 9.59 Å². The van der Waals surface area contributed by atoms with Crippen molar-refractivity contribution in [3.8, 4) is 0 Å². The number of hydrogen-bond donors (Lipinski definition) is 3. The molecule has 180 valence electrons. The van der Waals surface area contributed by atoms with E-state index in [0.29, 0.717) is 24.8 Å². The maximum absolute atomic E-state index is 12.0. The third kappa shape index (κ3) is 5.20. The first-order chi connectivity index (χ1) is 16.5. The van der Waals surface area contributed by atoms with Gasteiger partial charge in [-0.15, -0.1) is 0 Å². The Morgan fingerprint density at radius 2 is 1.50 bits per heavy atom. The molecule has 7 nitrogen and oxygen atoms in total. The summed E-state index contributed by atoms with van der Waals surface area (Å²) in [5, 5.41) is 5.67. The summed E-state index contributed by atoms with van der Waals surface area (Å²) in [6, 6.07) is 17.1. The minimum atomic E-state index is -0.335. The van der Waals surface area contributed by atoms with Gasteiger partial charge in [-0.25, -0.2) is 0 Å². The SMILES string of the molecule is Nc1ccc(N2CCC(N3CCC(c4ccc(NC5CCC(=O)NC5=O)cc4)CC3)CC2)cc1. The zero-order chi connectivity index (χ0) is 23.5. The van der Waals surface area contributed by atoms with E-state index < -0.39 is 0 Å². The highest BCUT2D eigenvalue weighted by molar-refractivity contribution is 6.01. The van der Waals surface area contributed by atoms with Gasteiger partial charge in [0.05, 0.1) is 0 Å². The normalized spacial score (nSPS) is 23.1. The van der Waals surface area contributed by atoms with Crippen LogP contribution in [0, 0.1) is 0 Å². The molecule has 3 aliphatic rings. The predicted octanol–water partition coefficient (Wildman–Crippen LogP) is 3.33. The molecule has 7 heteroatoms. The lowest BCUT2D eigenvalue weighted by atomic mass is 9.88. The Morgan fingerprint density at radius 1 is 0.824 bits per heavy atom. The first-order valence-corrected chi connectivity index (χ1v) is 12.6. The maximum Gasteiger partial charge on any atom is 0.249 e. The largest absolute Gasteiger partial charge is 0.399 e. The molecule has 0 spiro atoms. The summed E-state index contributed by atoms with van der Waals surface area (Å²) in [6.45, 7) is 4.53. The molecule has 0 radical (unpaired) electrons. The number of likely N-dealkylation sites (tertiary alicyclic amines) is 1. The Balaban J connectivity index is 1.08. The summed E-state index contributed by atoms with van der Waals surface area (Å²) in [6.07, 6.45) is 5.76. The Morgan fingerprint density at radius 3 is 2.15 bits per heavy atom. The predicted molar refractivity (Wildman–Crippen MR) is 136 cm³/mol.